The zero-order valence-electron chi connectivity index (χ0n) is 21.0. The van der Waals surface area contributed by atoms with Crippen LogP contribution in [0.1, 0.15) is 51.3 Å². The van der Waals surface area contributed by atoms with E-state index in [4.69, 9.17) is 14.5 Å². The van der Waals surface area contributed by atoms with Crippen molar-refractivity contribution in [3.63, 3.8) is 0 Å². The molecular formula is C28H34N2O3S. The highest BCUT2D eigenvalue weighted by atomic mass is 32.1. The number of amides is 1. The van der Waals surface area contributed by atoms with Gasteiger partial charge in [0.1, 0.15) is 16.4 Å². The van der Waals surface area contributed by atoms with Crippen LogP contribution in [0.15, 0.2) is 42.6 Å². The summed E-state index contributed by atoms with van der Waals surface area (Å²) in [5.41, 5.74) is 5.51. The van der Waals surface area contributed by atoms with Crippen molar-refractivity contribution in [1.82, 2.24) is 9.88 Å². The topological polar surface area (TPSA) is 51.7 Å². The van der Waals surface area contributed by atoms with Crippen LogP contribution in [-0.4, -0.2) is 40.8 Å². The zero-order chi connectivity index (χ0) is 24.5. The Morgan fingerprint density at radius 3 is 2.41 bits per heavy atom. The van der Waals surface area contributed by atoms with Crippen molar-refractivity contribution in [3.05, 3.63) is 59.3 Å². The first-order chi connectivity index (χ1) is 16.1. The zero-order valence-corrected chi connectivity index (χ0v) is 21.8. The second-order valence-electron chi connectivity index (χ2n) is 10.1. The summed E-state index contributed by atoms with van der Waals surface area (Å²) in [4.78, 5) is 20.2. The van der Waals surface area contributed by atoms with Crippen molar-refractivity contribution in [3.8, 4) is 26.8 Å². The van der Waals surface area contributed by atoms with Crippen LogP contribution in [0.2, 0.25) is 0 Å². The molecule has 0 saturated heterocycles. The molecule has 0 spiro atoms. The first kappa shape index (κ1) is 24.3. The number of benzene rings is 2. The maximum absolute atomic E-state index is 12.5. The number of ether oxygens (including phenoxy) is 2. The Morgan fingerprint density at radius 1 is 1.03 bits per heavy atom. The van der Waals surface area contributed by atoms with Crippen molar-refractivity contribution in [2.45, 2.75) is 66.1 Å². The lowest BCUT2D eigenvalue weighted by molar-refractivity contribution is 0.0258. The van der Waals surface area contributed by atoms with Crippen LogP contribution in [-0.2, 0) is 17.6 Å². The van der Waals surface area contributed by atoms with Crippen molar-refractivity contribution < 1.29 is 14.3 Å². The van der Waals surface area contributed by atoms with E-state index in [1.807, 2.05) is 51.8 Å². The number of carbonyl (C=O) groups excluding carboxylic acids is 1. The van der Waals surface area contributed by atoms with E-state index in [0.29, 0.717) is 13.1 Å². The van der Waals surface area contributed by atoms with Gasteiger partial charge < -0.3 is 14.4 Å². The van der Waals surface area contributed by atoms with Crippen molar-refractivity contribution in [1.29, 1.82) is 0 Å². The molecule has 2 heterocycles. The van der Waals surface area contributed by atoms with Crippen LogP contribution in [0, 0.1) is 6.92 Å². The van der Waals surface area contributed by atoms with Gasteiger partial charge in [0.05, 0.1) is 11.0 Å². The Morgan fingerprint density at radius 2 is 1.74 bits per heavy atom. The minimum Gasteiger partial charge on any atom is -0.491 e. The fourth-order valence-electron chi connectivity index (χ4n) is 4.10. The van der Waals surface area contributed by atoms with E-state index in [2.05, 4.69) is 37.3 Å². The van der Waals surface area contributed by atoms with Crippen molar-refractivity contribution in [2.75, 3.05) is 13.1 Å². The molecule has 2 aromatic carbocycles. The van der Waals surface area contributed by atoms with Gasteiger partial charge >= 0.3 is 6.09 Å². The summed E-state index contributed by atoms with van der Waals surface area (Å²) >= 11 is 1.70. The van der Waals surface area contributed by atoms with E-state index in [9.17, 15) is 4.79 Å². The molecule has 0 unspecified atom stereocenters. The smallest absolute Gasteiger partial charge is 0.410 e. The number of thiazole rings is 1. The number of aromatic nitrogens is 1. The third-order valence-electron chi connectivity index (χ3n) is 5.73. The van der Waals surface area contributed by atoms with Gasteiger partial charge in [-0.25, -0.2) is 9.78 Å². The van der Waals surface area contributed by atoms with Crippen LogP contribution in [0.5, 0.6) is 5.75 Å². The number of hydrogen-bond donors (Lipinski definition) is 0. The van der Waals surface area contributed by atoms with E-state index >= 15 is 0 Å². The van der Waals surface area contributed by atoms with Gasteiger partial charge in [-0.05, 0) is 101 Å². The van der Waals surface area contributed by atoms with Gasteiger partial charge in [0, 0.05) is 24.8 Å². The molecule has 1 aromatic heterocycles. The second-order valence-corrected chi connectivity index (χ2v) is 11.2. The molecule has 0 saturated carbocycles. The molecule has 34 heavy (non-hydrogen) atoms. The van der Waals surface area contributed by atoms with E-state index < -0.39 is 5.60 Å². The lowest BCUT2D eigenvalue weighted by Crippen LogP contribution is -2.38. The van der Waals surface area contributed by atoms with Crippen LogP contribution in [0.4, 0.5) is 4.79 Å². The highest BCUT2D eigenvalue weighted by Gasteiger charge is 2.24. The van der Waals surface area contributed by atoms with Crippen molar-refractivity contribution >= 4 is 17.4 Å². The first-order valence-corrected chi connectivity index (χ1v) is 12.7. The van der Waals surface area contributed by atoms with Gasteiger partial charge in [-0.2, -0.15) is 0 Å². The van der Waals surface area contributed by atoms with E-state index in [-0.39, 0.29) is 12.2 Å². The molecule has 0 atom stereocenters. The predicted molar refractivity (Wildman–Crippen MR) is 139 cm³/mol. The maximum atomic E-state index is 12.5. The van der Waals surface area contributed by atoms with E-state index in [1.165, 1.54) is 16.7 Å². The Bertz CT molecular complexity index is 1180. The summed E-state index contributed by atoms with van der Waals surface area (Å²) in [5.74, 6) is 0.918. The highest BCUT2D eigenvalue weighted by Crippen LogP contribution is 2.35. The van der Waals surface area contributed by atoms with Gasteiger partial charge in [-0.15, -0.1) is 11.3 Å². The van der Waals surface area contributed by atoms with Crippen LogP contribution in [0.25, 0.3) is 21.0 Å². The number of carbonyl (C=O) groups is 1. The summed E-state index contributed by atoms with van der Waals surface area (Å²) < 4.78 is 11.4. The molecule has 0 bridgehead atoms. The highest BCUT2D eigenvalue weighted by molar-refractivity contribution is 7.18. The fourth-order valence-corrected chi connectivity index (χ4v) is 5.01. The average molecular weight is 479 g/mol. The molecule has 5 nitrogen and oxygen atoms in total. The molecule has 1 aliphatic heterocycles. The number of fused-ring (bicyclic) bond motifs is 1. The maximum Gasteiger partial charge on any atom is 0.410 e. The Hall–Kier alpha value is -2.86. The summed E-state index contributed by atoms with van der Waals surface area (Å²) in [6.45, 7) is 13.2. The van der Waals surface area contributed by atoms with Gasteiger partial charge in [-0.1, -0.05) is 12.1 Å². The quantitative estimate of drug-likeness (QED) is 0.409. The summed E-state index contributed by atoms with van der Waals surface area (Å²) in [6, 6.07) is 12.9. The molecular weight excluding hydrogens is 444 g/mol. The first-order valence-electron chi connectivity index (χ1n) is 11.9. The van der Waals surface area contributed by atoms with Crippen LogP contribution < -0.4 is 4.74 Å². The SMILES string of the molecule is Cc1cc(-c2ncc(-c3ccc4c(c3)CCN(C(=O)OC(C)(C)C)CC4)s2)ccc1OC(C)C. The number of nitrogens with zero attached hydrogens (tertiary/aromatic N) is 2. The Kier molecular flexibility index (Phi) is 6.99. The average Bonchev–Trinajstić information content (AvgIpc) is 3.14. The summed E-state index contributed by atoms with van der Waals surface area (Å²) in [5, 5.41) is 1.00. The number of rotatable bonds is 4. The standard InChI is InChI=1S/C28H34N2O3S/c1-18(2)32-24-10-9-23(15-19(24)3)26-29-17-25(34-26)22-8-7-20-11-13-30(14-12-21(20)16-22)27(31)33-28(4,5)6/h7-10,15-18H,11-14H2,1-6H3. The summed E-state index contributed by atoms with van der Waals surface area (Å²) in [6.07, 6.45) is 3.55. The summed E-state index contributed by atoms with van der Waals surface area (Å²) in [7, 11) is 0. The molecule has 6 heteroatoms. The van der Waals surface area contributed by atoms with E-state index in [0.717, 1.165) is 39.6 Å². The third-order valence-corrected chi connectivity index (χ3v) is 6.83. The molecule has 0 aliphatic carbocycles. The minimum absolute atomic E-state index is 0.153. The molecule has 1 aliphatic rings. The van der Waals surface area contributed by atoms with Crippen molar-refractivity contribution in [2.24, 2.45) is 0 Å². The number of hydrogen-bond acceptors (Lipinski definition) is 5. The second kappa shape index (κ2) is 9.79. The van der Waals surface area contributed by atoms with Crippen LogP contribution in [0.3, 0.4) is 0 Å². The fraction of sp³-hybridized carbons (Fsp3) is 0.429. The van der Waals surface area contributed by atoms with Gasteiger partial charge in [-0.3, -0.25) is 0 Å². The molecule has 180 valence electrons. The molecule has 3 aromatic rings. The molecule has 0 fully saturated rings. The number of aryl methyl sites for hydroxylation is 1. The normalized spacial score (nSPS) is 14.0. The van der Waals surface area contributed by atoms with Gasteiger partial charge in [0.2, 0.25) is 0 Å². The lowest BCUT2D eigenvalue weighted by Gasteiger charge is -2.26. The molecule has 1 amide bonds. The van der Waals surface area contributed by atoms with E-state index in [1.54, 1.807) is 11.3 Å². The predicted octanol–water partition coefficient (Wildman–Crippen LogP) is 6.91. The Balaban J connectivity index is 1.50. The van der Waals surface area contributed by atoms with Crippen LogP contribution >= 0.6 is 11.3 Å². The monoisotopic (exact) mass is 478 g/mol. The molecule has 0 radical (unpaired) electrons. The van der Waals surface area contributed by atoms with Gasteiger partial charge in [0.15, 0.2) is 0 Å². The van der Waals surface area contributed by atoms with Gasteiger partial charge in [0.25, 0.3) is 0 Å². The molecule has 0 N–H and O–H groups in total. The molecule has 4 rings (SSSR count). The minimum atomic E-state index is -0.479. The lowest BCUT2D eigenvalue weighted by atomic mass is 10.00. The third kappa shape index (κ3) is 5.79. The Labute approximate surface area is 206 Å². The largest absolute Gasteiger partial charge is 0.491 e.